The second kappa shape index (κ2) is 19.7. The van der Waals surface area contributed by atoms with Crippen molar-refractivity contribution in [2.24, 2.45) is 10.2 Å². The zero-order chi connectivity index (χ0) is 30.7. The fraction of sp³-hybridized carbons (Fsp3) is 0.567. The Labute approximate surface area is 256 Å². The number of amides is 1. The number of carbonyl (C=O) groups is 1. The van der Waals surface area contributed by atoms with E-state index in [9.17, 15) is 4.79 Å². The minimum atomic E-state index is -0.365. The van der Waals surface area contributed by atoms with Crippen LogP contribution in [0.15, 0.2) is 40.6 Å². The van der Waals surface area contributed by atoms with Gasteiger partial charge in [0.2, 0.25) is 0 Å². The van der Waals surface area contributed by atoms with E-state index in [0.29, 0.717) is 121 Å². The summed E-state index contributed by atoms with van der Waals surface area (Å²) in [7, 11) is 1.54. The first-order chi connectivity index (χ1) is 21.7. The third-order valence-corrected chi connectivity index (χ3v) is 6.14. The molecule has 0 atom stereocenters. The molecule has 2 aliphatic rings. The van der Waals surface area contributed by atoms with Gasteiger partial charge >= 0.3 is 0 Å². The minimum Gasteiger partial charge on any atom is -0.487 e. The number of carbonyl (C=O) groups excluding carboxylic acids is 1. The standard InChI is InChI=1S/C30H41N3O11/c1-31-30(34)25-20-24(22-28-29(25)44-19-15-40-11-7-36-6-10-39-14-18-43-28)33-32-23-2-3-26-27(21-23)42-17-13-38-9-5-35-4-8-37-12-16-41-26/h2-3,20-22H,4-19H2,1H3,(H,31,34). The van der Waals surface area contributed by atoms with Gasteiger partial charge in [-0.05, 0) is 18.2 Å². The summed E-state index contributed by atoms with van der Waals surface area (Å²) in [6.45, 7) is 6.20. The molecule has 242 valence electrons. The molecule has 2 aromatic rings. The van der Waals surface area contributed by atoms with Gasteiger partial charge in [-0.3, -0.25) is 4.79 Å². The van der Waals surface area contributed by atoms with Gasteiger partial charge in [0, 0.05) is 19.2 Å². The van der Waals surface area contributed by atoms with E-state index in [4.69, 9.17) is 47.4 Å². The van der Waals surface area contributed by atoms with Crippen molar-refractivity contribution in [2.45, 2.75) is 0 Å². The van der Waals surface area contributed by atoms with Gasteiger partial charge in [0.1, 0.15) is 26.4 Å². The third-order valence-electron chi connectivity index (χ3n) is 6.14. The van der Waals surface area contributed by atoms with Crippen LogP contribution in [0.25, 0.3) is 0 Å². The van der Waals surface area contributed by atoms with Crippen molar-refractivity contribution in [3.05, 3.63) is 35.9 Å². The molecule has 2 aromatic carbocycles. The summed E-state index contributed by atoms with van der Waals surface area (Å²) in [4.78, 5) is 12.9. The van der Waals surface area contributed by atoms with Crippen LogP contribution in [0.1, 0.15) is 10.4 Å². The molecule has 1 amide bonds. The molecule has 0 spiro atoms. The Morgan fingerprint density at radius 2 is 0.955 bits per heavy atom. The smallest absolute Gasteiger partial charge is 0.255 e. The Morgan fingerprint density at radius 1 is 0.523 bits per heavy atom. The molecule has 1 N–H and O–H groups in total. The monoisotopic (exact) mass is 619 g/mol. The topological polar surface area (TPSA) is 146 Å². The van der Waals surface area contributed by atoms with E-state index >= 15 is 0 Å². The molecule has 0 aromatic heterocycles. The fourth-order valence-electron chi connectivity index (χ4n) is 4.03. The Balaban J connectivity index is 1.54. The molecule has 0 bridgehead atoms. The van der Waals surface area contributed by atoms with E-state index in [1.165, 1.54) is 7.05 Å². The lowest BCUT2D eigenvalue weighted by molar-refractivity contribution is 0.00706. The van der Waals surface area contributed by atoms with Crippen LogP contribution in [0, 0.1) is 0 Å². The number of ether oxygens (including phenoxy) is 10. The van der Waals surface area contributed by atoms with Gasteiger partial charge in [0.15, 0.2) is 23.0 Å². The summed E-state index contributed by atoms with van der Waals surface area (Å²) in [5.74, 6) is 1.29. The van der Waals surface area contributed by atoms with Crippen LogP contribution < -0.4 is 24.3 Å². The van der Waals surface area contributed by atoms with Gasteiger partial charge < -0.3 is 52.7 Å². The Hall–Kier alpha value is -3.53. The average Bonchev–Trinajstić information content (AvgIpc) is 3.06. The first kappa shape index (κ1) is 33.4. The number of hydrogen-bond acceptors (Lipinski definition) is 13. The maximum atomic E-state index is 12.9. The average molecular weight is 620 g/mol. The lowest BCUT2D eigenvalue weighted by Crippen LogP contribution is -2.20. The maximum absolute atomic E-state index is 12.9. The quantitative estimate of drug-likeness (QED) is 0.506. The van der Waals surface area contributed by atoms with Crippen LogP contribution >= 0.6 is 0 Å². The second-order valence-corrected chi connectivity index (χ2v) is 9.30. The van der Waals surface area contributed by atoms with Crippen molar-refractivity contribution in [1.29, 1.82) is 0 Å². The molecule has 4 rings (SSSR count). The van der Waals surface area contributed by atoms with Gasteiger partial charge in [-0.25, -0.2) is 0 Å². The highest BCUT2D eigenvalue weighted by Crippen LogP contribution is 2.38. The number of azo groups is 1. The highest BCUT2D eigenvalue weighted by Gasteiger charge is 2.20. The van der Waals surface area contributed by atoms with E-state index in [2.05, 4.69) is 15.5 Å². The highest BCUT2D eigenvalue weighted by molar-refractivity contribution is 5.98. The molecule has 0 unspecified atom stereocenters. The predicted molar refractivity (Wildman–Crippen MR) is 157 cm³/mol. The number of hydrogen-bond donors (Lipinski definition) is 1. The molecule has 0 fully saturated rings. The van der Waals surface area contributed by atoms with Crippen molar-refractivity contribution >= 4 is 17.3 Å². The largest absolute Gasteiger partial charge is 0.487 e. The summed E-state index contributed by atoms with van der Waals surface area (Å²) in [6.07, 6.45) is 0. The number of nitrogens with zero attached hydrogens (tertiary/aromatic N) is 2. The van der Waals surface area contributed by atoms with Crippen molar-refractivity contribution in [3.63, 3.8) is 0 Å². The molecule has 14 nitrogen and oxygen atoms in total. The minimum absolute atomic E-state index is 0.208. The van der Waals surface area contributed by atoms with Crippen LogP contribution in [-0.4, -0.2) is 119 Å². The summed E-state index contributed by atoms with van der Waals surface area (Å²) in [6, 6.07) is 8.50. The van der Waals surface area contributed by atoms with Crippen molar-refractivity contribution < 1.29 is 52.2 Å². The summed E-state index contributed by atoms with van der Waals surface area (Å²) >= 11 is 0. The molecule has 0 aliphatic carbocycles. The molecule has 2 heterocycles. The van der Waals surface area contributed by atoms with Crippen molar-refractivity contribution in [2.75, 3.05) is 113 Å². The normalized spacial score (nSPS) is 18.7. The van der Waals surface area contributed by atoms with Gasteiger partial charge in [-0.2, -0.15) is 10.2 Å². The second-order valence-electron chi connectivity index (χ2n) is 9.30. The lowest BCUT2D eigenvalue weighted by Gasteiger charge is -2.17. The first-order valence-electron chi connectivity index (χ1n) is 14.7. The van der Waals surface area contributed by atoms with Crippen molar-refractivity contribution in [3.8, 4) is 23.0 Å². The Kier molecular flexibility index (Phi) is 14.9. The van der Waals surface area contributed by atoms with E-state index in [1.54, 1.807) is 30.3 Å². The van der Waals surface area contributed by atoms with Crippen LogP contribution in [0.2, 0.25) is 0 Å². The van der Waals surface area contributed by atoms with Crippen LogP contribution in [0.4, 0.5) is 11.4 Å². The zero-order valence-electron chi connectivity index (χ0n) is 25.1. The maximum Gasteiger partial charge on any atom is 0.255 e. The van der Waals surface area contributed by atoms with Crippen molar-refractivity contribution in [1.82, 2.24) is 5.32 Å². The lowest BCUT2D eigenvalue weighted by atomic mass is 10.1. The number of fused-ring (bicyclic) bond motifs is 2. The number of benzene rings is 2. The summed E-state index contributed by atoms with van der Waals surface area (Å²) in [5.41, 5.74) is 1.14. The predicted octanol–water partition coefficient (Wildman–Crippen LogP) is 3.10. The Morgan fingerprint density at radius 3 is 1.50 bits per heavy atom. The van der Waals surface area contributed by atoms with Gasteiger partial charge in [0.25, 0.3) is 5.91 Å². The zero-order valence-corrected chi connectivity index (χ0v) is 25.1. The van der Waals surface area contributed by atoms with Crippen LogP contribution in [0.5, 0.6) is 23.0 Å². The van der Waals surface area contributed by atoms with E-state index in [1.807, 2.05) is 0 Å². The number of rotatable bonds is 3. The SMILES string of the molecule is CNC(=O)c1cc(N=Nc2ccc3c(c2)OCCOCCOCCOCCO3)cc2c1OCCOCCOCCOCCO2. The highest BCUT2D eigenvalue weighted by atomic mass is 16.6. The molecular weight excluding hydrogens is 578 g/mol. The Bertz CT molecular complexity index is 1180. The van der Waals surface area contributed by atoms with E-state index in [0.717, 1.165) is 0 Å². The van der Waals surface area contributed by atoms with Crippen LogP contribution in [-0.2, 0) is 28.4 Å². The first-order valence-corrected chi connectivity index (χ1v) is 14.7. The molecule has 44 heavy (non-hydrogen) atoms. The molecule has 0 radical (unpaired) electrons. The number of nitrogens with one attached hydrogen (secondary N) is 1. The third kappa shape index (κ3) is 11.5. The van der Waals surface area contributed by atoms with E-state index < -0.39 is 0 Å². The van der Waals surface area contributed by atoms with Gasteiger partial charge in [-0.1, -0.05) is 0 Å². The fourth-order valence-corrected chi connectivity index (χ4v) is 4.03. The molecule has 0 saturated heterocycles. The summed E-state index contributed by atoms with van der Waals surface area (Å²) < 4.78 is 56.9. The van der Waals surface area contributed by atoms with Crippen LogP contribution in [0.3, 0.4) is 0 Å². The summed E-state index contributed by atoms with van der Waals surface area (Å²) in [5, 5.41) is 11.4. The van der Waals surface area contributed by atoms with Gasteiger partial charge in [0.05, 0.1) is 96.2 Å². The van der Waals surface area contributed by atoms with E-state index in [-0.39, 0.29) is 30.4 Å². The molecule has 14 heteroatoms. The molecular formula is C30H41N3O11. The molecule has 0 saturated carbocycles. The van der Waals surface area contributed by atoms with Gasteiger partial charge in [-0.15, -0.1) is 0 Å². The molecule has 2 aliphatic heterocycles.